The Morgan fingerprint density at radius 1 is 1.04 bits per heavy atom. The topological polar surface area (TPSA) is 63.2 Å². The molecule has 2 rings (SSSR count). The van der Waals surface area contributed by atoms with Crippen LogP contribution in [-0.2, 0) is 16.4 Å². The van der Waals surface area contributed by atoms with Gasteiger partial charge in [0.25, 0.3) is 5.91 Å². The Labute approximate surface area is 135 Å². The van der Waals surface area contributed by atoms with Gasteiger partial charge < -0.3 is 5.32 Å². The third-order valence-electron chi connectivity index (χ3n) is 3.43. The van der Waals surface area contributed by atoms with Crippen molar-refractivity contribution in [3.8, 4) is 0 Å². The van der Waals surface area contributed by atoms with Crippen LogP contribution in [0.5, 0.6) is 0 Å². The molecule has 0 spiro atoms. The Morgan fingerprint density at radius 2 is 1.61 bits per heavy atom. The molecule has 122 valence electrons. The molecule has 1 amide bonds. The molecule has 0 aromatic heterocycles. The summed E-state index contributed by atoms with van der Waals surface area (Å²) in [5, 5.41) is 2.22. The third-order valence-corrected chi connectivity index (χ3v) is 5.60. The van der Waals surface area contributed by atoms with Crippen molar-refractivity contribution in [3.63, 3.8) is 0 Å². The van der Waals surface area contributed by atoms with E-state index in [4.69, 9.17) is 0 Å². The standard InChI is InChI=1S/C17H18FNO3S/c1-12(2)23(21,22)16-9-3-13(4-10-16)11-19-17(20)14-5-7-15(18)8-6-14/h3-10,12H,11H2,1-2H3,(H,19,20). The van der Waals surface area contributed by atoms with Gasteiger partial charge in [-0.05, 0) is 55.8 Å². The zero-order valence-electron chi connectivity index (χ0n) is 12.9. The van der Waals surface area contributed by atoms with Crippen LogP contribution in [0.25, 0.3) is 0 Å². The van der Waals surface area contributed by atoms with E-state index in [-0.39, 0.29) is 17.3 Å². The van der Waals surface area contributed by atoms with Crippen LogP contribution in [0, 0.1) is 5.82 Å². The highest BCUT2D eigenvalue weighted by Gasteiger charge is 2.18. The first kappa shape index (κ1) is 17.1. The predicted octanol–water partition coefficient (Wildman–Crippen LogP) is 2.94. The highest BCUT2D eigenvalue weighted by atomic mass is 32.2. The molecule has 0 saturated carbocycles. The number of sulfone groups is 1. The summed E-state index contributed by atoms with van der Waals surface area (Å²) in [6.07, 6.45) is 0. The SMILES string of the molecule is CC(C)S(=O)(=O)c1ccc(CNC(=O)c2ccc(F)cc2)cc1. The van der Waals surface area contributed by atoms with Crippen molar-refractivity contribution >= 4 is 15.7 Å². The molecule has 0 aliphatic carbocycles. The molecule has 0 unspecified atom stereocenters. The Hall–Kier alpha value is -2.21. The number of rotatable bonds is 5. The fourth-order valence-electron chi connectivity index (χ4n) is 1.95. The number of hydrogen-bond donors (Lipinski definition) is 1. The minimum Gasteiger partial charge on any atom is -0.348 e. The Morgan fingerprint density at radius 3 is 2.13 bits per heavy atom. The predicted molar refractivity (Wildman–Crippen MR) is 86.3 cm³/mol. The molecule has 0 aliphatic rings. The molecule has 4 nitrogen and oxygen atoms in total. The summed E-state index contributed by atoms with van der Waals surface area (Å²) in [6, 6.07) is 11.7. The van der Waals surface area contributed by atoms with Crippen molar-refractivity contribution in [2.45, 2.75) is 30.5 Å². The molecule has 0 heterocycles. The normalized spacial score (nSPS) is 11.5. The lowest BCUT2D eigenvalue weighted by Crippen LogP contribution is -2.22. The number of nitrogens with one attached hydrogen (secondary N) is 1. The maximum absolute atomic E-state index is 12.8. The molecule has 0 fully saturated rings. The molecular weight excluding hydrogens is 317 g/mol. The Kier molecular flexibility index (Phi) is 5.15. The summed E-state index contributed by atoms with van der Waals surface area (Å²) < 4.78 is 36.9. The van der Waals surface area contributed by atoms with Crippen molar-refractivity contribution in [2.24, 2.45) is 0 Å². The summed E-state index contributed by atoms with van der Waals surface area (Å²) in [6.45, 7) is 3.52. The monoisotopic (exact) mass is 335 g/mol. The van der Waals surface area contributed by atoms with Gasteiger partial charge in [-0.3, -0.25) is 4.79 Å². The van der Waals surface area contributed by atoms with Gasteiger partial charge >= 0.3 is 0 Å². The second kappa shape index (κ2) is 6.91. The smallest absolute Gasteiger partial charge is 0.251 e. The van der Waals surface area contributed by atoms with Crippen molar-refractivity contribution in [2.75, 3.05) is 0 Å². The molecule has 2 aromatic rings. The Bertz CT molecular complexity index is 782. The van der Waals surface area contributed by atoms with Crippen LogP contribution in [0.2, 0.25) is 0 Å². The van der Waals surface area contributed by atoms with Crippen molar-refractivity contribution < 1.29 is 17.6 Å². The largest absolute Gasteiger partial charge is 0.348 e. The number of benzene rings is 2. The minimum absolute atomic E-state index is 0.262. The van der Waals surface area contributed by atoms with E-state index in [1.165, 1.54) is 36.4 Å². The van der Waals surface area contributed by atoms with Crippen molar-refractivity contribution in [1.29, 1.82) is 0 Å². The average Bonchev–Trinajstić information content (AvgIpc) is 2.53. The summed E-state index contributed by atoms with van der Waals surface area (Å²) in [5.74, 6) is -0.715. The number of carbonyl (C=O) groups excluding carboxylic acids is 1. The van der Waals surface area contributed by atoms with Crippen molar-refractivity contribution in [3.05, 3.63) is 65.5 Å². The zero-order valence-corrected chi connectivity index (χ0v) is 13.7. The van der Waals surface area contributed by atoms with Crippen LogP contribution < -0.4 is 5.32 Å². The number of hydrogen-bond acceptors (Lipinski definition) is 3. The van der Waals surface area contributed by atoms with Crippen LogP contribution in [0.4, 0.5) is 4.39 Å². The molecular formula is C17H18FNO3S. The van der Waals surface area contributed by atoms with E-state index in [1.807, 2.05) is 0 Å². The summed E-state index contributed by atoms with van der Waals surface area (Å²) in [7, 11) is -3.29. The van der Waals surface area contributed by atoms with E-state index in [2.05, 4.69) is 5.32 Å². The van der Waals surface area contributed by atoms with Gasteiger partial charge in [0.05, 0.1) is 10.1 Å². The lowest BCUT2D eigenvalue weighted by molar-refractivity contribution is 0.0951. The van der Waals surface area contributed by atoms with Crippen LogP contribution in [0.3, 0.4) is 0 Å². The van der Waals surface area contributed by atoms with Crippen LogP contribution in [-0.4, -0.2) is 19.6 Å². The number of amides is 1. The second-order valence-electron chi connectivity index (χ2n) is 5.43. The molecule has 0 atom stereocenters. The maximum atomic E-state index is 12.8. The molecule has 6 heteroatoms. The average molecular weight is 335 g/mol. The molecule has 0 bridgehead atoms. The lowest BCUT2D eigenvalue weighted by atomic mass is 10.2. The number of halogens is 1. The first-order valence-electron chi connectivity index (χ1n) is 7.17. The Balaban J connectivity index is 2.02. The molecule has 23 heavy (non-hydrogen) atoms. The first-order valence-corrected chi connectivity index (χ1v) is 8.72. The zero-order chi connectivity index (χ0) is 17.0. The third kappa shape index (κ3) is 4.16. The number of carbonyl (C=O) groups is 1. The van der Waals surface area contributed by atoms with E-state index in [0.29, 0.717) is 5.56 Å². The molecule has 0 radical (unpaired) electrons. The van der Waals surface area contributed by atoms with Gasteiger partial charge in [-0.2, -0.15) is 0 Å². The van der Waals surface area contributed by atoms with E-state index in [1.54, 1.807) is 26.0 Å². The highest BCUT2D eigenvalue weighted by Crippen LogP contribution is 2.16. The van der Waals surface area contributed by atoms with Gasteiger partial charge in [-0.1, -0.05) is 12.1 Å². The molecule has 2 aromatic carbocycles. The van der Waals surface area contributed by atoms with Crippen molar-refractivity contribution in [1.82, 2.24) is 5.32 Å². The summed E-state index contributed by atoms with van der Waals surface area (Å²) in [5.41, 5.74) is 1.15. The van der Waals surface area contributed by atoms with E-state index in [0.717, 1.165) is 5.56 Å². The fraction of sp³-hybridized carbons (Fsp3) is 0.235. The van der Waals surface area contributed by atoms with E-state index >= 15 is 0 Å². The highest BCUT2D eigenvalue weighted by molar-refractivity contribution is 7.92. The maximum Gasteiger partial charge on any atom is 0.251 e. The molecule has 0 aliphatic heterocycles. The molecule has 1 N–H and O–H groups in total. The minimum atomic E-state index is -3.29. The lowest BCUT2D eigenvalue weighted by Gasteiger charge is -2.09. The van der Waals surface area contributed by atoms with E-state index < -0.39 is 20.9 Å². The first-order chi connectivity index (χ1) is 10.8. The second-order valence-corrected chi connectivity index (χ2v) is 7.93. The van der Waals surface area contributed by atoms with Gasteiger partial charge in [0, 0.05) is 12.1 Å². The summed E-state index contributed by atoms with van der Waals surface area (Å²) >= 11 is 0. The van der Waals surface area contributed by atoms with E-state index in [9.17, 15) is 17.6 Å². The van der Waals surface area contributed by atoms with Crippen LogP contribution in [0.1, 0.15) is 29.8 Å². The van der Waals surface area contributed by atoms with Gasteiger partial charge in [-0.25, -0.2) is 12.8 Å². The van der Waals surface area contributed by atoms with Gasteiger partial charge in [0.15, 0.2) is 9.84 Å². The van der Waals surface area contributed by atoms with Gasteiger partial charge in [-0.15, -0.1) is 0 Å². The fourth-order valence-corrected chi connectivity index (χ4v) is 3.01. The van der Waals surface area contributed by atoms with Crippen LogP contribution >= 0.6 is 0 Å². The van der Waals surface area contributed by atoms with Crippen LogP contribution in [0.15, 0.2) is 53.4 Å². The van der Waals surface area contributed by atoms with Gasteiger partial charge in [0.1, 0.15) is 5.82 Å². The quantitative estimate of drug-likeness (QED) is 0.914. The summed E-state index contributed by atoms with van der Waals surface area (Å²) in [4.78, 5) is 12.2. The van der Waals surface area contributed by atoms with Gasteiger partial charge in [0.2, 0.25) is 0 Å². The molecule has 0 saturated heterocycles.